The second kappa shape index (κ2) is 11.2. The molecule has 0 saturated carbocycles. The van der Waals surface area contributed by atoms with Crippen LogP contribution in [0.1, 0.15) is 44.4 Å². The molecule has 3 aromatic carbocycles. The molecule has 193 valence electrons. The molecule has 38 heavy (non-hydrogen) atoms. The Morgan fingerprint density at radius 1 is 0.605 bits per heavy atom. The molecule has 0 fully saturated rings. The summed E-state index contributed by atoms with van der Waals surface area (Å²) in [6, 6.07) is 37.6. The first kappa shape index (κ1) is 27.6. The fourth-order valence-electron chi connectivity index (χ4n) is 5.06. The normalized spacial score (nSPS) is 14.1. The molecular formula is C35H32IrN2-2. The molecule has 1 aliphatic carbocycles. The predicted octanol–water partition coefficient (Wildman–Crippen LogP) is 8.64. The number of aromatic nitrogens is 2. The third kappa shape index (κ3) is 5.14. The molecule has 0 bridgehead atoms. The molecule has 2 aromatic heterocycles. The maximum absolute atomic E-state index is 4.50. The SMILES string of the molecule is Cc1ccc2c(c1)C(C)(C)C(C)(C)c1c[c-]c(-c3ccccn3)cc1-2.[Ir].[c-]1ccccc1-c1ccccn1. The second-order valence-electron chi connectivity index (χ2n) is 10.7. The zero-order valence-electron chi connectivity index (χ0n) is 22.5. The van der Waals surface area contributed by atoms with E-state index < -0.39 is 0 Å². The molecule has 0 atom stereocenters. The Labute approximate surface area is 240 Å². The van der Waals surface area contributed by atoms with E-state index in [0.717, 1.165) is 22.5 Å². The van der Waals surface area contributed by atoms with Gasteiger partial charge in [0, 0.05) is 32.5 Å². The van der Waals surface area contributed by atoms with Crippen molar-refractivity contribution < 1.29 is 20.1 Å². The summed E-state index contributed by atoms with van der Waals surface area (Å²) >= 11 is 0. The molecule has 0 unspecified atom stereocenters. The number of benzene rings is 3. The van der Waals surface area contributed by atoms with E-state index in [1.165, 1.54) is 27.8 Å². The molecule has 1 aliphatic rings. The van der Waals surface area contributed by atoms with Crippen LogP contribution in [0.3, 0.4) is 0 Å². The summed E-state index contributed by atoms with van der Waals surface area (Å²) < 4.78 is 0. The first-order chi connectivity index (χ1) is 17.8. The largest absolute Gasteiger partial charge is 0.305 e. The fraction of sp³-hybridized carbons (Fsp3) is 0.200. The van der Waals surface area contributed by atoms with Gasteiger partial charge in [-0.1, -0.05) is 81.3 Å². The van der Waals surface area contributed by atoms with Crippen LogP contribution in [-0.4, -0.2) is 9.97 Å². The minimum Gasteiger partial charge on any atom is -0.305 e. The van der Waals surface area contributed by atoms with Crippen LogP contribution in [0, 0.1) is 19.1 Å². The van der Waals surface area contributed by atoms with Gasteiger partial charge in [-0.2, -0.15) is 0 Å². The molecule has 2 heterocycles. The van der Waals surface area contributed by atoms with Gasteiger partial charge in [0.25, 0.3) is 0 Å². The number of nitrogens with zero attached hydrogens (tertiary/aromatic N) is 2. The minimum absolute atomic E-state index is 0. The maximum atomic E-state index is 4.50. The van der Waals surface area contributed by atoms with Gasteiger partial charge in [-0.15, -0.1) is 65.2 Å². The summed E-state index contributed by atoms with van der Waals surface area (Å²) in [5.41, 5.74) is 10.9. The first-order valence-electron chi connectivity index (χ1n) is 12.8. The molecule has 0 aliphatic heterocycles. The number of rotatable bonds is 2. The summed E-state index contributed by atoms with van der Waals surface area (Å²) in [6.45, 7) is 11.6. The smallest absolute Gasteiger partial charge is 0.0160 e. The van der Waals surface area contributed by atoms with Gasteiger partial charge in [-0.3, -0.25) is 0 Å². The minimum atomic E-state index is 0. The molecule has 2 nitrogen and oxygen atoms in total. The average molecular weight is 673 g/mol. The van der Waals surface area contributed by atoms with Crippen molar-refractivity contribution in [3.63, 3.8) is 0 Å². The van der Waals surface area contributed by atoms with E-state index in [1.807, 2.05) is 66.9 Å². The Kier molecular flexibility index (Phi) is 8.11. The van der Waals surface area contributed by atoms with Gasteiger partial charge in [0.15, 0.2) is 0 Å². The van der Waals surface area contributed by atoms with Crippen molar-refractivity contribution in [3.8, 4) is 33.6 Å². The monoisotopic (exact) mass is 673 g/mol. The standard InChI is InChI=1S/C24H24N.C11H8N.Ir/c1-16-9-11-18-19-15-17(22-8-6-7-13-25-22)10-12-20(19)23(2,3)24(4,5)21(18)14-16;1-2-6-10(7-3-1)11-8-4-5-9-12-11;/h6-9,11-15H,1-5H3;1-6,8-9H;/q2*-1;. The molecule has 0 spiro atoms. The van der Waals surface area contributed by atoms with Gasteiger partial charge < -0.3 is 9.97 Å². The third-order valence-corrected chi connectivity index (χ3v) is 7.92. The van der Waals surface area contributed by atoms with E-state index in [2.05, 4.69) is 87.1 Å². The van der Waals surface area contributed by atoms with E-state index in [1.54, 1.807) is 6.20 Å². The van der Waals surface area contributed by atoms with Crippen molar-refractivity contribution in [2.45, 2.75) is 45.4 Å². The summed E-state index contributed by atoms with van der Waals surface area (Å²) in [6.07, 6.45) is 3.63. The van der Waals surface area contributed by atoms with Crippen LogP contribution in [0.5, 0.6) is 0 Å². The van der Waals surface area contributed by atoms with Gasteiger partial charge in [0.1, 0.15) is 0 Å². The van der Waals surface area contributed by atoms with E-state index in [4.69, 9.17) is 0 Å². The molecule has 0 amide bonds. The van der Waals surface area contributed by atoms with Crippen LogP contribution in [-0.2, 0) is 30.9 Å². The van der Waals surface area contributed by atoms with E-state index in [0.29, 0.717) is 0 Å². The zero-order valence-corrected chi connectivity index (χ0v) is 24.9. The van der Waals surface area contributed by atoms with Crippen molar-refractivity contribution in [3.05, 3.63) is 132 Å². The summed E-state index contributed by atoms with van der Waals surface area (Å²) in [7, 11) is 0. The van der Waals surface area contributed by atoms with Crippen molar-refractivity contribution >= 4 is 0 Å². The second-order valence-corrected chi connectivity index (χ2v) is 10.7. The van der Waals surface area contributed by atoms with Crippen LogP contribution < -0.4 is 0 Å². The first-order valence-corrected chi connectivity index (χ1v) is 12.8. The van der Waals surface area contributed by atoms with Crippen LogP contribution in [0.25, 0.3) is 33.6 Å². The van der Waals surface area contributed by atoms with E-state index in [-0.39, 0.29) is 30.9 Å². The Hall–Kier alpha value is -3.39. The van der Waals surface area contributed by atoms with Gasteiger partial charge in [-0.05, 0) is 52.4 Å². The van der Waals surface area contributed by atoms with Crippen LogP contribution in [0.4, 0.5) is 0 Å². The van der Waals surface area contributed by atoms with Crippen LogP contribution in [0.2, 0.25) is 0 Å². The van der Waals surface area contributed by atoms with Crippen molar-refractivity contribution in [2.75, 3.05) is 0 Å². The average Bonchev–Trinajstić information content (AvgIpc) is 2.94. The molecule has 5 aromatic rings. The summed E-state index contributed by atoms with van der Waals surface area (Å²) in [4.78, 5) is 8.72. The molecule has 0 N–H and O–H groups in total. The molecule has 1 radical (unpaired) electrons. The Morgan fingerprint density at radius 3 is 1.84 bits per heavy atom. The molecular weight excluding hydrogens is 641 g/mol. The number of pyridine rings is 2. The van der Waals surface area contributed by atoms with Gasteiger partial charge in [0.05, 0.1) is 0 Å². The summed E-state index contributed by atoms with van der Waals surface area (Å²) in [5.74, 6) is 0. The van der Waals surface area contributed by atoms with Crippen molar-refractivity contribution in [1.82, 2.24) is 9.97 Å². The van der Waals surface area contributed by atoms with E-state index in [9.17, 15) is 0 Å². The van der Waals surface area contributed by atoms with E-state index >= 15 is 0 Å². The topological polar surface area (TPSA) is 25.8 Å². The van der Waals surface area contributed by atoms with Gasteiger partial charge in [0.2, 0.25) is 0 Å². The van der Waals surface area contributed by atoms with Crippen molar-refractivity contribution in [1.29, 1.82) is 0 Å². The van der Waals surface area contributed by atoms with Gasteiger partial charge in [-0.25, -0.2) is 0 Å². The van der Waals surface area contributed by atoms with Crippen LogP contribution in [0.15, 0.2) is 103 Å². The number of hydrogen-bond acceptors (Lipinski definition) is 2. The van der Waals surface area contributed by atoms with Crippen LogP contribution >= 0.6 is 0 Å². The maximum Gasteiger partial charge on any atom is 0.0160 e. The third-order valence-electron chi connectivity index (χ3n) is 7.92. The molecule has 3 heteroatoms. The molecule has 6 rings (SSSR count). The predicted molar refractivity (Wildman–Crippen MR) is 153 cm³/mol. The Morgan fingerprint density at radius 2 is 1.24 bits per heavy atom. The number of hydrogen-bond donors (Lipinski definition) is 0. The Bertz CT molecular complexity index is 1470. The van der Waals surface area contributed by atoms with Crippen molar-refractivity contribution in [2.24, 2.45) is 0 Å². The fourth-order valence-corrected chi connectivity index (χ4v) is 5.06. The zero-order chi connectivity index (χ0) is 26.0. The number of fused-ring (bicyclic) bond motifs is 3. The van der Waals surface area contributed by atoms with Gasteiger partial charge >= 0.3 is 0 Å². The molecule has 0 saturated heterocycles. The summed E-state index contributed by atoms with van der Waals surface area (Å²) in [5, 5.41) is 0. The Balaban J connectivity index is 0.000000218. The quantitative estimate of drug-likeness (QED) is 0.176. The number of aryl methyl sites for hydroxylation is 1.